The second-order valence-electron chi connectivity index (χ2n) is 5.47. The minimum absolute atomic E-state index is 0.142. The van der Waals surface area contributed by atoms with Gasteiger partial charge in [0, 0.05) is 5.41 Å². The van der Waals surface area contributed by atoms with Gasteiger partial charge < -0.3 is 4.79 Å². The molecule has 2 aliphatic rings. The Bertz CT molecular complexity index is 195. The summed E-state index contributed by atoms with van der Waals surface area (Å²) < 4.78 is 0. The van der Waals surface area contributed by atoms with Crippen molar-refractivity contribution in [3.8, 4) is 0 Å². The molecule has 0 radical (unpaired) electrons. The van der Waals surface area contributed by atoms with Crippen LogP contribution in [0.5, 0.6) is 0 Å². The summed E-state index contributed by atoms with van der Waals surface area (Å²) in [6.45, 7) is 4.67. The molecule has 0 saturated heterocycles. The Balaban J connectivity index is 2.03. The SMILES string of the molecule is CC1CC(C)CC(C2(C=O)CC2)C1. The van der Waals surface area contributed by atoms with E-state index in [9.17, 15) is 4.79 Å². The monoisotopic (exact) mass is 180 g/mol. The molecule has 0 aliphatic heterocycles. The van der Waals surface area contributed by atoms with Gasteiger partial charge in [0.05, 0.1) is 0 Å². The van der Waals surface area contributed by atoms with E-state index in [0.29, 0.717) is 5.92 Å². The van der Waals surface area contributed by atoms with Gasteiger partial charge in [-0.25, -0.2) is 0 Å². The smallest absolute Gasteiger partial charge is 0.126 e. The Morgan fingerprint density at radius 3 is 2.00 bits per heavy atom. The van der Waals surface area contributed by atoms with Gasteiger partial charge >= 0.3 is 0 Å². The van der Waals surface area contributed by atoms with E-state index in [1.165, 1.54) is 38.4 Å². The van der Waals surface area contributed by atoms with Crippen molar-refractivity contribution in [1.82, 2.24) is 0 Å². The van der Waals surface area contributed by atoms with E-state index in [1.54, 1.807) is 0 Å². The molecular formula is C12H20O. The molecule has 2 atom stereocenters. The standard InChI is InChI=1S/C12H20O/c1-9-5-10(2)7-11(6-9)12(8-13)3-4-12/h8-11H,3-7H2,1-2H3. The predicted octanol–water partition coefficient (Wildman–Crippen LogP) is 3.04. The predicted molar refractivity (Wildman–Crippen MR) is 53.4 cm³/mol. The fourth-order valence-electron chi connectivity index (χ4n) is 3.18. The second-order valence-corrected chi connectivity index (χ2v) is 5.47. The van der Waals surface area contributed by atoms with Gasteiger partial charge in [-0.15, -0.1) is 0 Å². The molecule has 0 aromatic carbocycles. The topological polar surface area (TPSA) is 17.1 Å². The molecule has 2 aliphatic carbocycles. The first-order chi connectivity index (χ1) is 6.16. The molecular weight excluding hydrogens is 160 g/mol. The normalized spacial score (nSPS) is 42.8. The zero-order valence-corrected chi connectivity index (χ0v) is 8.75. The van der Waals surface area contributed by atoms with Crippen molar-refractivity contribution in [3.63, 3.8) is 0 Å². The maximum Gasteiger partial charge on any atom is 0.126 e. The first kappa shape index (κ1) is 9.23. The van der Waals surface area contributed by atoms with E-state index in [-0.39, 0.29) is 5.41 Å². The van der Waals surface area contributed by atoms with Crippen LogP contribution in [-0.4, -0.2) is 6.29 Å². The third kappa shape index (κ3) is 1.66. The minimum Gasteiger partial charge on any atom is -0.303 e. The van der Waals surface area contributed by atoms with Crippen molar-refractivity contribution < 1.29 is 4.79 Å². The zero-order chi connectivity index (χ0) is 9.47. The number of hydrogen-bond acceptors (Lipinski definition) is 1. The zero-order valence-electron chi connectivity index (χ0n) is 8.75. The van der Waals surface area contributed by atoms with Gasteiger partial charge in [0.2, 0.25) is 0 Å². The van der Waals surface area contributed by atoms with Crippen molar-refractivity contribution in [2.24, 2.45) is 23.2 Å². The van der Waals surface area contributed by atoms with Crippen molar-refractivity contribution in [2.45, 2.75) is 46.0 Å². The third-order valence-corrected chi connectivity index (χ3v) is 4.05. The van der Waals surface area contributed by atoms with Crippen LogP contribution in [0.3, 0.4) is 0 Å². The van der Waals surface area contributed by atoms with Gasteiger partial charge in [0.1, 0.15) is 6.29 Å². The molecule has 2 fully saturated rings. The van der Waals surface area contributed by atoms with Gasteiger partial charge in [-0.05, 0) is 49.9 Å². The fourth-order valence-corrected chi connectivity index (χ4v) is 3.18. The van der Waals surface area contributed by atoms with Crippen LogP contribution in [0.1, 0.15) is 46.0 Å². The van der Waals surface area contributed by atoms with Crippen LogP contribution in [-0.2, 0) is 4.79 Å². The highest BCUT2D eigenvalue weighted by molar-refractivity contribution is 5.64. The molecule has 2 saturated carbocycles. The van der Waals surface area contributed by atoms with Crippen LogP contribution in [0.25, 0.3) is 0 Å². The van der Waals surface area contributed by atoms with Gasteiger partial charge in [0.15, 0.2) is 0 Å². The van der Waals surface area contributed by atoms with Crippen LogP contribution in [0.2, 0.25) is 0 Å². The van der Waals surface area contributed by atoms with E-state index in [4.69, 9.17) is 0 Å². The lowest BCUT2D eigenvalue weighted by Crippen LogP contribution is -2.27. The Morgan fingerprint density at radius 2 is 1.62 bits per heavy atom. The summed E-state index contributed by atoms with van der Waals surface area (Å²) in [6.07, 6.45) is 7.54. The molecule has 0 spiro atoms. The average molecular weight is 180 g/mol. The Morgan fingerprint density at radius 1 is 1.08 bits per heavy atom. The highest BCUT2D eigenvalue weighted by Gasteiger charge is 2.50. The summed E-state index contributed by atoms with van der Waals surface area (Å²) in [5.74, 6) is 2.39. The average Bonchev–Trinajstić information content (AvgIpc) is 2.82. The largest absolute Gasteiger partial charge is 0.303 e. The highest BCUT2D eigenvalue weighted by Crippen LogP contribution is 2.56. The highest BCUT2D eigenvalue weighted by atomic mass is 16.1. The number of hydrogen-bond donors (Lipinski definition) is 0. The third-order valence-electron chi connectivity index (χ3n) is 4.05. The summed E-state index contributed by atoms with van der Waals surface area (Å²) in [5.41, 5.74) is 0.142. The number of aldehydes is 1. The fraction of sp³-hybridized carbons (Fsp3) is 0.917. The second kappa shape index (κ2) is 3.11. The number of carbonyl (C=O) groups is 1. The molecule has 2 rings (SSSR count). The van der Waals surface area contributed by atoms with Crippen LogP contribution in [0.4, 0.5) is 0 Å². The molecule has 74 valence electrons. The molecule has 13 heavy (non-hydrogen) atoms. The maximum absolute atomic E-state index is 11.0. The maximum atomic E-state index is 11.0. The van der Waals surface area contributed by atoms with E-state index in [2.05, 4.69) is 13.8 Å². The number of carbonyl (C=O) groups excluding carboxylic acids is 1. The lowest BCUT2D eigenvalue weighted by molar-refractivity contribution is -0.114. The van der Waals surface area contributed by atoms with E-state index < -0.39 is 0 Å². The van der Waals surface area contributed by atoms with Crippen LogP contribution >= 0.6 is 0 Å². The van der Waals surface area contributed by atoms with Gasteiger partial charge in [-0.2, -0.15) is 0 Å². The summed E-state index contributed by atoms with van der Waals surface area (Å²) in [7, 11) is 0. The molecule has 0 aromatic heterocycles. The molecule has 0 heterocycles. The van der Waals surface area contributed by atoms with Crippen LogP contribution in [0.15, 0.2) is 0 Å². The first-order valence-corrected chi connectivity index (χ1v) is 5.62. The van der Waals surface area contributed by atoms with E-state index >= 15 is 0 Å². The van der Waals surface area contributed by atoms with Gasteiger partial charge in [-0.1, -0.05) is 13.8 Å². The molecule has 1 heteroatoms. The molecule has 2 unspecified atom stereocenters. The summed E-state index contributed by atoms with van der Waals surface area (Å²) in [6, 6.07) is 0. The lowest BCUT2D eigenvalue weighted by atomic mass is 9.70. The summed E-state index contributed by atoms with van der Waals surface area (Å²) in [5, 5.41) is 0. The van der Waals surface area contributed by atoms with Crippen LogP contribution < -0.4 is 0 Å². The minimum atomic E-state index is 0.142. The number of rotatable bonds is 2. The molecule has 0 aromatic rings. The van der Waals surface area contributed by atoms with E-state index in [1.807, 2.05) is 0 Å². The van der Waals surface area contributed by atoms with Gasteiger partial charge in [-0.3, -0.25) is 0 Å². The van der Waals surface area contributed by atoms with Crippen molar-refractivity contribution >= 4 is 6.29 Å². The summed E-state index contributed by atoms with van der Waals surface area (Å²) >= 11 is 0. The van der Waals surface area contributed by atoms with Crippen molar-refractivity contribution in [1.29, 1.82) is 0 Å². The van der Waals surface area contributed by atoms with Crippen molar-refractivity contribution in [3.05, 3.63) is 0 Å². The van der Waals surface area contributed by atoms with Crippen LogP contribution in [0, 0.1) is 23.2 Å². The van der Waals surface area contributed by atoms with E-state index in [0.717, 1.165) is 11.8 Å². The summed E-state index contributed by atoms with van der Waals surface area (Å²) in [4.78, 5) is 11.0. The Hall–Kier alpha value is -0.330. The molecule has 1 nitrogen and oxygen atoms in total. The Labute approximate surface area is 80.9 Å². The molecule has 0 bridgehead atoms. The van der Waals surface area contributed by atoms with Crippen molar-refractivity contribution in [2.75, 3.05) is 0 Å². The molecule has 0 amide bonds. The molecule has 0 N–H and O–H groups in total. The lowest BCUT2D eigenvalue weighted by Gasteiger charge is -2.34. The first-order valence-electron chi connectivity index (χ1n) is 5.62. The van der Waals surface area contributed by atoms with Gasteiger partial charge in [0.25, 0.3) is 0 Å². The Kier molecular flexibility index (Phi) is 2.21. The quantitative estimate of drug-likeness (QED) is 0.597.